The van der Waals surface area contributed by atoms with Gasteiger partial charge in [-0.2, -0.15) is 0 Å². The number of hydrogen-bond acceptors (Lipinski definition) is 3. The van der Waals surface area contributed by atoms with E-state index in [4.69, 9.17) is 4.74 Å². The molecule has 0 aromatic carbocycles. The van der Waals surface area contributed by atoms with Gasteiger partial charge in [0.1, 0.15) is 6.10 Å². The van der Waals surface area contributed by atoms with Crippen molar-refractivity contribution in [2.75, 3.05) is 6.54 Å². The minimum atomic E-state index is -0.288. The Kier molecular flexibility index (Phi) is 6.50. The Morgan fingerprint density at radius 1 is 1.25 bits per heavy atom. The molecule has 116 valence electrons. The van der Waals surface area contributed by atoms with E-state index in [1.807, 2.05) is 0 Å². The number of esters is 1. The zero-order valence-electron chi connectivity index (χ0n) is 13.4. The van der Waals surface area contributed by atoms with E-state index in [2.05, 4.69) is 26.1 Å². The highest BCUT2D eigenvalue weighted by atomic mass is 16.5. The Morgan fingerprint density at radius 2 is 1.90 bits per heavy atom. The van der Waals surface area contributed by atoms with Gasteiger partial charge in [-0.05, 0) is 30.6 Å². The number of rotatable bonds is 5. The van der Waals surface area contributed by atoms with Gasteiger partial charge in [-0.15, -0.1) is 0 Å². The molecule has 1 rings (SSSR count). The third kappa shape index (κ3) is 5.14. The molecule has 1 fully saturated rings. The van der Waals surface area contributed by atoms with Crippen LogP contribution in [0.4, 0.5) is 0 Å². The average molecular weight is 283 g/mol. The fraction of sp³-hybridized carbons (Fsp3) is 0.875. The SMILES string of the molecule is CC(=O)NCC(C)C(=O)O[C@H]1C[C@@H](C)CC[C@@H]1C(C)C. The van der Waals surface area contributed by atoms with Crippen molar-refractivity contribution < 1.29 is 14.3 Å². The molecule has 4 nitrogen and oxygen atoms in total. The Bertz CT molecular complexity index is 341. The number of carbonyl (C=O) groups excluding carboxylic acids is 2. The standard InChI is InChI=1S/C16H29NO3/c1-10(2)14-7-6-11(3)8-15(14)20-16(19)12(4)9-17-13(5)18/h10-12,14-15H,6-9H2,1-5H3,(H,17,18)/t11-,12?,14+,15-/m0/s1. The second-order valence-electron chi connectivity index (χ2n) is 6.64. The zero-order valence-corrected chi connectivity index (χ0v) is 13.4. The quantitative estimate of drug-likeness (QED) is 0.789. The lowest BCUT2D eigenvalue weighted by Crippen LogP contribution is -2.39. The van der Waals surface area contributed by atoms with Crippen LogP contribution in [-0.4, -0.2) is 24.5 Å². The highest BCUT2D eigenvalue weighted by Gasteiger charge is 2.34. The van der Waals surface area contributed by atoms with Crippen molar-refractivity contribution in [2.24, 2.45) is 23.7 Å². The second kappa shape index (κ2) is 7.65. The lowest BCUT2D eigenvalue weighted by molar-refractivity contribution is -0.160. The van der Waals surface area contributed by atoms with E-state index in [-0.39, 0.29) is 23.9 Å². The van der Waals surface area contributed by atoms with E-state index in [9.17, 15) is 9.59 Å². The maximum atomic E-state index is 12.1. The Hall–Kier alpha value is -1.06. The fourth-order valence-corrected chi connectivity index (χ4v) is 2.90. The molecule has 1 aliphatic rings. The van der Waals surface area contributed by atoms with Crippen LogP contribution in [0.2, 0.25) is 0 Å². The summed E-state index contributed by atoms with van der Waals surface area (Å²) < 4.78 is 5.74. The van der Waals surface area contributed by atoms with Gasteiger partial charge in [0, 0.05) is 13.5 Å². The molecule has 1 saturated carbocycles. The maximum absolute atomic E-state index is 12.1. The average Bonchev–Trinajstić information content (AvgIpc) is 2.35. The van der Waals surface area contributed by atoms with Crippen molar-refractivity contribution in [2.45, 2.75) is 60.0 Å². The van der Waals surface area contributed by atoms with Crippen molar-refractivity contribution in [1.82, 2.24) is 5.32 Å². The molecule has 1 N–H and O–H groups in total. The molecule has 4 atom stereocenters. The van der Waals surface area contributed by atoms with Gasteiger partial charge in [0.2, 0.25) is 5.91 Å². The Balaban J connectivity index is 2.54. The Labute approximate surface area is 122 Å². The topological polar surface area (TPSA) is 55.4 Å². The first-order valence-corrected chi connectivity index (χ1v) is 7.76. The number of ether oxygens (including phenoxy) is 1. The van der Waals surface area contributed by atoms with Crippen molar-refractivity contribution in [3.8, 4) is 0 Å². The number of carbonyl (C=O) groups is 2. The molecule has 1 amide bonds. The minimum absolute atomic E-state index is 0.0334. The van der Waals surface area contributed by atoms with Crippen molar-refractivity contribution in [3.63, 3.8) is 0 Å². The molecular formula is C16H29NO3. The van der Waals surface area contributed by atoms with Crippen LogP contribution in [0.25, 0.3) is 0 Å². The van der Waals surface area contributed by atoms with Crippen LogP contribution < -0.4 is 5.32 Å². The van der Waals surface area contributed by atoms with Crippen LogP contribution >= 0.6 is 0 Å². The lowest BCUT2D eigenvalue weighted by Gasteiger charge is -2.37. The molecule has 0 heterocycles. The monoisotopic (exact) mass is 283 g/mol. The Morgan fingerprint density at radius 3 is 2.45 bits per heavy atom. The summed E-state index contributed by atoms with van der Waals surface area (Å²) in [6.07, 6.45) is 3.35. The third-order valence-electron chi connectivity index (χ3n) is 4.29. The molecule has 0 aromatic heterocycles. The predicted molar refractivity (Wildman–Crippen MR) is 79.1 cm³/mol. The van der Waals surface area contributed by atoms with E-state index >= 15 is 0 Å². The third-order valence-corrected chi connectivity index (χ3v) is 4.29. The smallest absolute Gasteiger partial charge is 0.310 e. The molecule has 0 aliphatic heterocycles. The van der Waals surface area contributed by atoms with Crippen LogP contribution in [0.15, 0.2) is 0 Å². The number of amides is 1. The highest BCUT2D eigenvalue weighted by Crippen LogP contribution is 2.35. The summed E-state index contributed by atoms with van der Waals surface area (Å²) in [7, 11) is 0. The van der Waals surface area contributed by atoms with E-state index in [1.165, 1.54) is 13.3 Å². The molecule has 0 radical (unpaired) electrons. The van der Waals surface area contributed by atoms with E-state index < -0.39 is 0 Å². The predicted octanol–water partition coefficient (Wildman–Crippen LogP) is 2.76. The molecule has 0 spiro atoms. The normalized spacial score (nSPS) is 28.0. The van der Waals surface area contributed by atoms with Gasteiger partial charge < -0.3 is 10.1 Å². The number of hydrogen-bond donors (Lipinski definition) is 1. The van der Waals surface area contributed by atoms with Crippen molar-refractivity contribution in [1.29, 1.82) is 0 Å². The summed E-state index contributed by atoms with van der Waals surface area (Å²) in [5.41, 5.74) is 0. The summed E-state index contributed by atoms with van der Waals surface area (Å²) in [6, 6.07) is 0. The first-order chi connectivity index (χ1) is 9.31. The van der Waals surface area contributed by atoms with Crippen LogP contribution in [-0.2, 0) is 14.3 Å². The van der Waals surface area contributed by atoms with Gasteiger partial charge in [0.25, 0.3) is 0 Å². The summed E-state index contributed by atoms with van der Waals surface area (Å²) in [5, 5.41) is 2.67. The largest absolute Gasteiger partial charge is 0.462 e. The minimum Gasteiger partial charge on any atom is -0.462 e. The molecule has 1 unspecified atom stereocenters. The summed E-state index contributed by atoms with van der Waals surface area (Å²) in [5.74, 6) is 1.02. The van der Waals surface area contributed by atoms with Gasteiger partial charge >= 0.3 is 5.97 Å². The van der Waals surface area contributed by atoms with E-state index in [0.29, 0.717) is 24.3 Å². The van der Waals surface area contributed by atoms with Gasteiger partial charge in [-0.1, -0.05) is 34.1 Å². The first kappa shape index (κ1) is 17.0. The summed E-state index contributed by atoms with van der Waals surface area (Å²) >= 11 is 0. The maximum Gasteiger partial charge on any atom is 0.310 e. The fourth-order valence-electron chi connectivity index (χ4n) is 2.90. The van der Waals surface area contributed by atoms with Gasteiger partial charge in [0.15, 0.2) is 0 Å². The van der Waals surface area contributed by atoms with Crippen LogP contribution in [0.1, 0.15) is 53.9 Å². The molecule has 0 aromatic rings. The second-order valence-corrected chi connectivity index (χ2v) is 6.64. The highest BCUT2D eigenvalue weighted by molar-refractivity contribution is 5.76. The molecule has 1 aliphatic carbocycles. The molecule has 4 heteroatoms. The zero-order chi connectivity index (χ0) is 15.3. The van der Waals surface area contributed by atoms with Crippen LogP contribution in [0.5, 0.6) is 0 Å². The first-order valence-electron chi connectivity index (χ1n) is 7.76. The van der Waals surface area contributed by atoms with Gasteiger partial charge in [0.05, 0.1) is 5.92 Å². The van der Waals surface area contributed by atoms with Crippen molar-refractivity contribution >= 4 is 11.9 Å². The summed E-state index contributed by atoms with van der Waals surface area (Å²) in [4.78, 5) is 23.0. The van der Waals surface area contributed by atoms with E-state index in [0.717, 1.165) is 12.8 Å². The number of nitrogens with one attached hydrogen (secondary N) is 1. The van der Waals surface area contributed by atoms with Gasteiger partial charge in [-0.3, -0.25) is 9.59 Å². The molecular weight excluding hydrogens is 254 g/mol. The van der Waals surface area contributed by atoms with Crippen molar-refractivity contribution in [3.05, 3.63) is 0 Å². The molecule has 0 bridgehead atoms. The molecule has 0 saturated heterocycles. The van der Waals surface area contributed by atoms with Crippen LogP contribution in [0.3, 0.4) is 0 Å². The van der Waals surface area contributed by atoms with Gasteiger partial charge in [-0.25, -0.2) is 0 Å². The molecule has 20 heavy (non-hydrogen) atoms. The van der Waals surface area contributed by atoms with Crippen LogP contribution in [0, 0.1) is 23.7 Å². The van der Waals surface area contributed by atoms with E-state index in [1.54, 1.807) is 6.92 Å². The summed E-state index contributed by atoms with van der Waals surface area (Å²) in [6.45, 7) is 10.2. The lowest BCUT2D eigenvalue weighted by atomic mass is 9.75.